The monoisotopic (exact) mass is 399 g/mol. The second kappa shape index (κ2) is 8.53. The first-order valence-electron chi connectivity index (χ1n) is 9.09. The Morgan fingerprint density at radius 3 is 2.93 bits per heavy atom. The Hall–Kier alpha value is -2.71. The molecule has 4 rings (SSSR count). The average Bonchev–Trinajstić information content (AvgIpc) is 3.16. The molecule has 0 aliphatic carbocycles. The van der Waals surface area contributed by atoms with Crippen molar-refractivity contribution in [2.45, 2.75) is 6.54 Å². The van der Waals surface area contributed by atoms with E-state index in [1.165, 1.54) is 12.3 Å². The lowest BCUT2D eigenvalue weighted by molar-refractivity contribution is -0.118. The summed E-state index contributed by atoms with van der Waals surface area (Å²) in [7, 11) is 0. The molecule has 2 aromatic heterocycles. The van der Waals surface area contributed by atoms with Crippen LogP contribution in [0.1, 0.15) is 5.76 Å². The molecular formula is C20H21N3O4S. The van der Waals surface area contributed by atoms with Gasteiger partial charge in [0, 0.05) is 53.4 Å². The summed E-state index contributed by atoms with van der Waals surface area (Å²) in [5.41, 5.74) is 1.38. The van der Waals surface area contributed by atoms with Crippen LogP contribution in [0.25, 0.3) is 10.9 Å². The van der Waals surface area contributed by atoms with Gasteiger partial charge >= 0.3 is 0 Å². The number of H-pyrrole nitrogens is 1. The van der Waals surface area contributed by atoms with Gasteiger partial charge in [0.1, 0.15) is 12.0 Å². The second-order valence-electron chi connectivity index (χ2n) is 6.58. The number of hydrogen-bond acceptors (Lipinski definition) is 6. The summed E-state index contributed by atoms with van der Waals surface area (Å²) in [6.45, 7) is 2.32. The number of rotatable bonds is 6. The SMILES string of the molecule is O=C(COc1coc(CN2CCSCC2)cc1=O)Nc1ccc2[nH]ccc2c1. The zero-order valence-electron chi connectivity index (χ0n) is 15.3. The summed E-state index contributed by atoms with van der Waals surface area (Å²) in [5, 5.41) is 3.76. The number of aromatic amines is 1. The number of fused-ring (bicyclic) bond motifs is 1. The molecule has 1 aromatic carbocycles. The normalized spacial score (nSPS) is 14.9. The number of hydrogen-bond donors (Lipinski definition) is 2. The van der Waals surface area contributed by atoms with E-state index in [0.29, 0.717) is 18.0 Å². The van der Waals surface area contributed by atoms with Gasteiger partial charge in [0.15, 0.2) is 6.61 Å². The van der Waals surface area contributed by atoms with Gasteiger partial charge in [0.05, 0.1) is 6.54 Å². The fraction of sp³-hybridized carbons (Fsp3) is 0.300. The van der Waals surface area contributed by atoms with Crippen LogP contribution in [-0.2, 0) is 11.3 Å². The molecule has 3 heterocycles. The number of nitrogens with one attached hydrogen (secondary N) is 2. The minimum Gasteiger partial charge on any atom is -0.477 e. The highest BCUT2D eigenvalue weighted by Crippen LogP contribution is 2.18. The van der Waals surface area contributed by atoms with Crippen molar-refractivity contribution < 1.29 is 13.9 Å². The molecular weight excluding hydrogens is 378 g/mol. The lowest BCUT2D eigenvalue weighted by atomic mass is 10.2. The third-order valence-corrected chi connectivity index (χ3v) is 5.47. The number of benzene rings is 1. The number of nitrogens with zero attached hydrogens (tertiary/aromatic N) is 1. The standard InChI is InChI=1S/C20H21N3O4S/c24-18-10-16(11-23-5-7-28-8-6-23)26-12-19(18)27-13-20(25)22-15-1-2-17-14(9-15)3-4-21-17/h1-4,9-10,12,21H,5-8,11,13H2,(H,22,25). The minimum atomic E-state index is -0.343. The van der Waals surface area contributed by atoms with Crippen LogP contribution >= 0.6 is 11.8 Å². The molecule has 2 N–H and O–H groups in total. The number of ether oxygens (including phenoxy) is 1. The van der Waals surface area contributed by atoms with Gasteiger partial charge in [-0.25, -0.2) is 0 Å². The van der Waals surface area contributed by atoms with E-state index in [4.69, 9.17) is 9.15 Å². The van der Waals surface area contributed by atoms with E-state index in [2.05, 4.69) is 15.2 Å². The van der Waals surface area contributed by atoms with Crippen molar-refractivity contribution in [2.24, 2.45) is 0 Å². The van der Waals surface area contributed by atoms with Crippen LogP contribution in [0.15, 0.2) is 52.0 Å². The van der Waals surface area contributed by atoms with Gasteiger partial charge in [-0.1, -0.05) is 0 Å². The van der Waals surface area contributed by atoms with Gasteiger partial charge in [-0.2, -0.15) is 11.8 Å². The first-order valence-corrected chi connectivity index (χ1v) is 10.2. The van der Waals surface area contributed by atoms with Crippen molar-refractivity contribution in [3.05, 3.63) is 58.8 Å². The molecule has 0 unspecified atom stereocenters. The van der Waals surface area contributed by atoms with Crippen LogP contribution in [-0.4, -0.2) is 47.0 Å². The molecule has 3 aromatic rings. The van der Waals surface area contributed by atoms with E-state index >= 15 is 0 Å². The van der Waals surface area contributed by atoms with E-state index in [0.717, 1.165) is 35.5 Å². The topological polar surface area (TPSA) is 87.6 Å². The van der Waals surface area contributed by atoms with Gasteiger partial charge in [-0.05, 0) is 24.3 Å². The largest absolute Gasteiger partial charge is 0.477 e. The van der Waals surface area contributed by atoms with Crippen molar-refractivity contribution in [2.75, 3.05) is 36.5 Å². The summed E-state index contributed by atoms with van der Waals surface area (Å²) >= 11 is 1.93. The summed E-state index contributed by atoms with van der Waals surface area (Å²) in [5.74, 6) is 2.49. The third-order valence-electron chi connectivity index (χ3n) is 4.53. The molecule has 146 valence electrons. The molecule has 0 spiro atoms. The van der Waals surface area contributed by atoms with Gasteiger partial charge in [0.2, 0.25) is 11.2 Å². The predicted molar refractivity (Wildman–Crippen MR) is 110 cm³/mol. The molecule has 1 saturated heterocycles. The van der Waals surface area contributed by atoms with Gasteiger partial charge in [-0.3, -0.25) is 14.5 Å². The van der Waals surface area contributed by atoms with Crippen LogP contribution in [0.3, 0.4) is 0 Å². The van der Waals surface area contributed by atoms with Crippen LogP contribution < -0.4 is 15.5 Å². The van der Waals surface area contributed by atoms with E-state index < -0.39 is 0 Å². The Balaban J connectivity index is 1.32. The van der Waals surface area contributed by atoms with Crippen LogP contribution in [0.4, 0.5) is 5.69 Å². The Kier molecular flexibility index (Phi) is 5.68. The zero-order valence-corrected chi connectivity index (χ0v) is 16.1. The molecule has 1 fully saturated rings. The van der Waals surface area contributed by atoms with Gasteiger partial charge in [0.25, 0.3) is 5.91 Å². The summed E-state index contributed by atoms with van der Waals surface area (Å²) < 4.78 is 10.9. The zero-order chi connectivity index (χ0) is 19.3. The first kappa shape index (κ1) is 18.6. The molecule has 0 saturated carbocycles. The highest BCUT2D eigenvalue weighted by molar-refractivity contribution is 7.99. The second-order valence-corrected chi connectivity index (χ2v) is 7.80. The summed E-state index contributed by atoms with van der Waals surface area (Å²) in [6.07, 6.45) is 3.13. The maximum absolute atomic E-state index is 12.2. The van der Waals surface area contributed by atoms with Crippen LogP contribution in [0.2, 0.25) is 0 Å². The van der Waals surface area contributed by atoms with Crippen molar-refractivity contribution in [1.82, 2.24) is 9.88 Å². The Morgan fingerprint density at radius 1 is 1.25 bits per heavy atom. The third kappa shape index (κ3) is 4.58. The number of carbonyl (C=O) groups excluding carboxylic acids is 1. The maximum Gasteiger partial charge on any atom is 0.262 e. The molecule has 8 heteroatoms. The van der Waals surface area contributed by atoms with Crippen molar-refractivity contribution in [1.29, 1.82) is 0 Å². The van der Waals surface area contributed by atoms with Crippen LogP contribution in [0.5, 0.6) is 5.75 Å². The number of aromatic nitrogens is 1. The lowest BCUT2D eigenvalue weighted by Crippen LogP contribution is -2.32. The van der Waals surface area contributed by atoms with Gasteiger partial charge in [-0.15, -0.1) is 0 Å². The molecule has 1 aliphatic rings. The number of amides is 1. The van der Waals surface area contributed by atoms with E-state index in [-0.39, 0.29) is 23.7 Å². The Morgan fingerprint density at radius 2 is 2.11 bits per heavy atom. The Labute approximate surface area is 166 Å². The maximum atomic E-state index is 12.2. The Bertz CT molecular complexity index is 1020. The molecule has 7 nitrogen and oxygen atoms in total. The number of thioether (sulfide) groups is 1. The van der Waals surface area contributed by atoms with E-state index in [1.807, 2.05) is 36.2 Å². The first-order chi connectivity index (χ1) is 13.7. The molecule has 1 aliphatic heterocycles. The summed E-state index contributed by atoms with van der Waals surface area (Å²) in [6, 6.07) is 8.93. The van der Waals surface area contributed by atoms with Crippen molar-refractivity contribution in [3.8, 4) is 5.75 Å². The van der Waals surface area contributed by atoms with Crippen molar-refractivity contribution in [3.63, 3.8) is 0 Å². The molecule has 1 amide bonds. The highest BCUT2D eigenvalue weighted by atomic mass is 32.2. The molecule has 28 heavy (non-hydrogen) atoms. The predicted octanol–water partition coefficient (Wildman–Crippen LogP) is 2.69. The minimum absolute atomic E-state index is 0.0363. The fourth-order valence-corrected chi connectivity index (χ4v) is 4.06. The van der Waals surface area contributed by atoms with Crippen molar-refractivity contribution >= 4 is 34.3 Å². The summed E-state index contributed by atoms with van der Waals surface area (Å²) in [4.78, 5) is 29.7. The molecule has 0 bridgehead atoms. The van der Waals surface area contributed by atoms with Crippen LogP contribution in [0, 0.1) is 0 Å². The lowest BCUT2D eigenvalue weighted by Gasteiger charge is -2.25. The molecule has 0 radical (unpaired) electrons. The fourth-order valence-electron chi connectivity index (χ4n) is 3.08. The van der Waals surface area contributed by atoms with Gasteiger partial charge < -0.3 is 19.5 Å². The number of carbonyl (C=O) groups is 1. The van der Waals surface area contributed by atoms with E-state index in [1.54, 1.807) is 6.07 Å². The quantitative estimate of drug-likeness (QED) is 0.663. The highest BCUT2D eigenvalue weighted by Gasteiger charge is 2.14. The average molecular weight is 399 g/mol. The molecule has 0 atom stereocenters. The smallest absolute Gasteiger partial charge is 0.262 e. The number of anilines is 1. The van der Waals surface area contributed by atoms with E-state index in [9.17, 15) is 9.59 Å².